The first-order chi connectivity index (χ1) is 4.97. The molecular formula is C7H19O3P. The molecule has 0 amide bonds. The maximum absolute atomic E-state index is 10.1. The van der Waals surface area contributed by atoms with Crippen molar-refractivity contribution >= 4 is 7.60 Å². The van der Waals surface area contributed by atoms with Gasteiger partial charge in [-0.1, -0.05) is 33.6 Å². The fourth-order valence-electron chi connectivity index (χ4n) is 0.364. The average Bonchev–Trinajstić information content (AvgIpc) is 1.84. The molecule has 0 radical (unpaired) electrons. The molecule has 0 fully saturated rings. The topological polar surface area (TPSA) is 57.5 Å². The summed E-state index contributed by atoms with van der Waals surface area (Å²) in [5.41, 5.74) is 0. The molecule has 0 spiro atoms. The molecule has 0 aromatic heterocycles. The summed E-state index contributed by atoms with van der Waals surface area (Å²) in [5, 5.41) is 0. The van der Waals surface area contributed by atoms with E-state index in [0.29, 0.717) is 6.42 Å². The van der Waals surface area contributed by atoms with Gasteiger partial charge in [0, 0.05) is 6.16 Å². The number of unbranched alkanes of at least 4 members (excludes halogenated alkanes) is 1. The summed E-state index contributed by atoms with van der Waals surface area (Å²) in [5.74, 6) is 0. The fourth-order valence-corrected chi connectivity index (χ4v) is 1.09. The standard InChI is InChI=1S/C4H11O3P.C3H8/c1-2-3-4-8(5,6)7;1-3-2/h2-4H2,1H3,(H2,5,6,7);3H2,1-2H3. The highest BCUT2D eigenvalue weighted by Gasteiger charge is 2.09. The Balaban J connectivity index is 0. The van der Waals surface area contributed by atoms with Gasteiger partial charge in [0.05, 0.1) is 0 Å². The van der Waals surface area contributed by atoms with Crippen LogP contribution in [0.3, 0.4) is 0 Å². The van der Waals surface area contributed by atoms with Gasteiger partial charge in [0.25, 0.3) is 0 Å². The van der Waals surface area contributed by atoms with E-state index >= 15 is 0 Å². The lowest BCUT2D eigenvalue weighted by Crippen LogP contribution is -1.84. The van der Waals surface area contributed by atoms with Gasteiger partial charge in [-0.15, -0.1) is 0 Å². The van der Waals surface area contributed by atoms with Crippen molar-refractivity contribution in [3.8, 4) is 0 Å². The second-order valence-corrected chi connectivity index (χ2v) is 4.23. The lowest BCUT2D eigenvalue weighted by molar-refractivity contribution is 0.371. The van der Waals surface area contributed by atoms with Crippen LogP contribution in [0.5, 0.6) is 0 Å². The monoisotopic (exact) mass is 182 g/mol. The Labute approximate surface area is 69.0 Å². The summed E-state index contributed by atoms with van der Waals surface area (Å²) < 4.78 is 10.1. The Morgan fingerprint density at radius 3 is 1.64 bits per heavy atom. The van der Waals surface area contributed by atoms with E-state index in [4.69, 9.17) is 9.79 Å². The van der Waals surface area contributed by atoms with Gasteiger partial charge in [-0.3, -0.25) is 4.57 Å². The summed E-state index contributed by atoms with van der Waals surface area (Å²) in [6.45, 7) is 6.15. The third kappa shape index (κ3) is 25.4. The number of rotatable bonds is 3. The van der Waals surface area contributed by atoms with E-state index in [9.17, 15) is 4.57 Å². The zero-order valence-electron chi connectivity index (χ0n) is 7.58. The fraction of sp³-hybridized carbons (Fsp3) is 1.00. The van der Waals surface area contributed by atoms with Crippen molar-refractivity contribution in [2.75, 3.05) is 6.16 Å². The Morgan fingerprint density at radius 1 is 1.18 bits per heavy atom. The molecule has 0 unspecified atom stereocenters. The largest absolute Gasteiger partial charge is 0.325 e. The van der Waals surface area contributed by atoms with Gasteiger partial charge in [0.2, 0.25) is 0 Å². The molecule has 0 rings (SSSR count). The van der Waals surface area contributed by atoms with Crippen LogP contribution in [0, 0.1) is 0 Å². The first-order valence-electron chi connectivity index (χ1n) is 4.02. The van der Waals surface area contributed by atoms with Crippen molar-refractivity contribution in [1.29, 1.82) is 0 Å². The molecule has 4 heteroatoms. The van der Waals surface area contributed by atoms with E-state index in [-0.39, 0.29) is 6.16 Å². The molecule has 2 N–H and O–H groups in total. The smallest absolute Gasteiger partial charge is 0.324 e. The highest BCUT2D eigenvalue weighted by molar-refractivity contribution is 7.51. The number of hydrogen-bond donors (Lipinski definition) is 2. The highest BCUT2D eigenvalue weighted by Crippen LogP contribution is 2.34. The minimum atomic E-state index is -3.68. The van der Waals surface area contributed by atoms with Crippen LogP contribution in [0.4, 0.5) is 0 Å². The second-order valence-electron chi connectivity index (χ2n) is 2.45. The van der Waals surface area contributed by atoms with E-state index in [2.05, 4.69) is 13.8 Å². The average molecular weight is 182 g/mol. The molecule has 0 heterocycles. The lowest BCUT2D eigenvalue weighted by Gasteiger charge is -1.98. The quantitative estimate of drug-likeness (QED) is 0.659. The minimum absolute atomic E-state index is 0.0312. The normalized spacial score (nSPS) is 10.3. The van der Waals surface area contributed by atoms with Crippen molar-refractivity contribution in [2.24, 2.45) is 0 Å². The van der Waals surface area contributed by atoms with Crippen LogP contribution in [-0.2, 0) is 4.57 Å². The molecule has 0 saturated heterocycles. The molecule has 3 nitrogen and oxygen atoms in total. The summed E-state index contributed by atoms with van der Waals surface area (Å²) >= 11 is 0. The van der Waals surface area contributed by atoms with Crippen LogP contribution in [-0.4, -0.2) is 15.9 Å². The summed E-state index contributed by atoms with van der Waals surface area (Å²) in [6.07, 6.45) is 2.74. The van der Waals surface area contributed by atoms with Crippen LogP contribution in [0.15, 0.2) is 0 Å². The molecule has 0 bridgehead atoms. The summed E-state index contributed by atoms with van der Waals surface area (Å²) in [7, 11) is -3.68. The van der Waals surface area contributed by atoms with E-state index in [0.717, 1.165) is 6.42 Å². The molecule has 0 atom stereocenters. The van der Waals surface area contributed by atoms with Crippen molar-refractivity contribution in [1.82, 2.24) is 0 Å². The van der Waals surface area contributed by atoms with Gasteiger partial charge in [-0.2, -0.15) is 0 Å². The molecule has 0 aliphatic carbocycles. The third-order valence-corrected chi connectivity index (χ3v) is 1.70. The molecular weight excluding hydrogens is 163 g/mol. The molecule has 0 aliphatic heterocycles. The Hall–Kier alpha value is 0.150. The molecule has 0 saturated carbocycles. The molecule has 70 valence electrons. The van der Waals surface area contributed by atoms with E-state index in [1.165, 1.54) is 6.42 Å². The van der Waals surface area contributed by atoms with Crippen molar-refractivity contribution in [3.63, 3.8) is 0 Å². The van der Waals surface area contributed by atoms with Crippen LogP contribution in [0.25, 0.3) is 0 Å². The highest BCUT2D eigenvalue weighted by atomic mass is 31.2. The summed E-state index contributed by atoms with van der Waals surface area (Å²) in [6, 6.07) is 0. The SMILES string of the molecule is CCC.CCCCP(=O)(O)O. The van der Waals surface area contributed by atoms with Crippen molar-refractivity contribution in [3.05, 3.63) is 0 Å². The van der Waals surface area contributed by atoms with Crippen LogP contribution in [0.1, 0.15) is 40.0 Å². The van der Waals surface area contributed by atoms with E-state index in [1.807, 2.05) is 6.92 Å². The van der Waals surface area contributed by atoms with Gasteiger partial charge in [0.15, 0.2) is 0 Å². The maximum atomic E-state index is 10.1. The minimum Gasteiger partial charge on any atom is -0.324 e. The zero-order chi connectivity index (χ0) is 9.33. The molecule has 0 aromatic carbocycles. The van der Waals surface area contributed by atoms with Gasteiger partial charge in [0.1, 0.15) is 0 Å². The van der Waals surface area contributed by atoms with Crippen LogP contribution in [0.2, 0.25) is 0 Å². The predicted octanol–water partition coefficient (Wildman–Crippen LogP) is 2.38. The van der Waals surface area contributed by atoms with Gasteiger partial charge >= 0.3 is 7.60 Å². The summed E-state index contributed by atoms with van der Waals surface area (Å²) in [4.78, 5) is 16.5. The molecule has 11 heavy (non-hydrogen) atoms. The van der Waals surface area contributed by atoms with Crippen LogP contribution >= 0.6 is 7.60 Å². The molecule has 0 aromatic rings. The van der Waals surface area contributed by atoms with Crippen molar-refractivity contribution < 1.29 is 14.4 Å². The van der Waals surface area contributed by atoms with E-state index in [1.54, 1.807) is 0 Å². The van der Waals surface area contributed by atoms with E-state index < -0.39 is 7.60 Å². The first kappa shape index (κ1) is 13.7. The van der Waals surface area contributed by atoms with Gasteiger partial charge in [-0.05, 0) is 6.42 Å². The zero-order valence-corrected chi connectivity index (χ0v) is 8.47. The molecule has 0 aliphatic rings. The Bertz CT molecular complexity index is 108. The predicted molar refractivity (Wildman–Crippen MR) is 47.8 cm³/mol. The second kappa shape index (κ2) is 8.25. The van der Waals surface area contributed by atoms with Gasteiger partial charge in [-0.25, -0.2) is 0 Å². The Kier molecular flexibility index (Phi) is 10.3. The maximum Gasteiger partial charge on any atom is 0.325 e. The van der Waals surface area contributed by atoms with Crippen molar-refractivity contribution in [2.45, 2.75) is 40.0 Å². The Morgan fingerprint density at radius 2 is 1.55 bits per heavy atom. The van der Waals surface area contributed by atoms with Gasteiger partial charge < -0.3 is 9.79 Å². The lowest BCUT2D eigenvalue weighted by atomic mass is 10.4. The van der Waals surface area contributed by atoms with Crippen LogP contribution < -0.4 is 0 Å². The first-order valence-corrected chi connectivity index (χ1v) is 5.82. The number of hydrogen-bond acceptors (Lipinski definition) is 1. The third-order valence-electron chi connectivity index (χ3n) is 0.803.